The number of carboxylic acid groups (broad SMARTS) is 1. The average molecular weight is 909 g/mol. The van der Waals surface area contributed by atoms with Crippen LogP contribution in [-0.2, 0) is 52.5 Å². The Morgan fingerprint density at radius 1 is 0.641 bits per heavy atom. The second-order valence-electron chi connectivity index (χ2n) is 23.3. The van der Waals surface area contributed by atoms with Crippen molar-refractivity contribution in [2.24, 2.45) is 38.9 Å². The fraction of sp³-hybridized carbons (Fsp3) is 0.880. The molecular formula is C50H84O14. The minimum absolute atomic E-state index is 0.0925. The topological polar surface area (TPSA) is 209 Å². The third-order valence-corrected chi connectivity index (χ3v) is 16.0. The molecule has 64 heavy (non-hydrogen) atoms. The van der Waals surface area contributed by atoms with Gasteiger partial charge in [-0.2, -0.15) is 0 Å². The molecule has 3 atom stereocenters. The number of ether oxygens (including phenoxy) is 5. The number of hydrogen-bond acceptors (Lipinski definition) is 13. The molecule has 0 aromatic heterocycles. The fourth-order valence-corrected chi connectivity index (χ4v) is 10.2. The first-order valence-corrected chi connectivity index (χ1v) is 23.7. The molecule has 368 valence electrons. The van der Waals surface area contributed by atoms with E-state index in [-0.39, 0.29) is 40.8 Å². The molecule has 5 saturated carbocycles. The lowest BCUT2D eigenvalue weighted by Crippen LogP contribution is -2.70. The van der Waals surface area contributed by atoms with Gasteiger partial charge in [0.05, 0.1) is 34.1 Å². The molecule has 0 radical (unpaired) electrons. The van der Waals surface area contributed by atoms with E-state index >= 15 is 0 Å². The zero-order chi connectivity index (χ0) is 49.1. The minimum Gasteiger partial charge on any atom is -0.481 e. The molecule has 1 saturated heterocycles. The summed E-state index contributed by atoms with van der Waals surface area (Å²) in [5.41, 5.74) is -5.10. The summed E-state index contributed by atoms with van der Waals surface area (Å²) in [6.45, 7) is 28.7. The molecule has 0 aromatic carbocycles. The Kier molecular flexibility index (Phi) is 17.1. The van der Waals surface area contributed by atoms with Crippen LogP contribution in [0.1, 0.15) is 200 Å². The highest BCUT2D eigenvalue weighted by Crippen LogP contribution is 2.72. The smallest absolute Gasteiger partial charge is 0.347 e. The van der Waals surface area contributed by atoms with E-state index in [1.165, 1.54) is 0 Å². The number of rotatable bonds is 15. The van der Waals surface area contributed by atoms with Gasteiger partial charge in [0, 0.05) is 17.3 Å². The maximum absolute atomic E-state index is 12.9. The number of aliphatic hydroxyl groups is 2. The zero-order valence-electron chi connectivity index (χ0n) is 42.0. The third kappa shape index (κ3) is 13.0. The zero-order valence-corrected chi connectivity index (χ0v) is 42.0. The molecule has 5 aliphatic carbocycles. The van der Waals surface area contributed by atoms with Gasteiger partial charge in [0.15, 0.2) is 0 Å². The van der Waals surface area contributed by atoms with Gasteiger partial charge in [0.2, 0.25) is 6.10 Å². The summed E-state index contributed by atoms with van der Waals surface area (Å²) >= 11 is 0. The summed E-state index contributed by atoms with van der Waals surface area (Å²) in [7, 11) is 0. The molecule has 4 bridgehead atoms. The Labute approximate surface area is 383 Å². The van der Waals surface area contributed by atoms with Crippen LogP contribution in [-0.4, -0.2) is 92.4 Å². The molecule has 0 amide bonds. The van der Waals surface area contributed by atoms with Crippen LogP contribution in [0.15, 0.2) is 0 Å². The van der Waals surface area contributed by atoms with E-state index in [2.05, 4.69) is 0 Å². The van der Waals surface area contributed by atoms with Crippen molar-refractivity contribution < 1.29 is 67.8 Å². The fourth-order valence-electron chi connectivity index (χ4n) is 10.2. The van der Waals surface area contributed by atoms with E-state index in [9.17, 15) is 39.0 Å². The molecule has 1 heterocycles. The number of carbonyl (C=O) groups is 6. The van der Waals surface area contributed by atoms with Crippen LogP contribution in [0, 0.1) is 38.9 Å². The highest BCUT2D eigenvalue weighted by molar-refractivity contribution is 5.90. The van der Waals surface area contributed by atoms with E-state index in [1.54, 1.807) is 13.8 Å². The van der Waals surface area contributed by atoms with Crippen LogP contribution >= 0.6 is 0 Å². The minimum atomic E-state index is -1.19. The monoisotopic (exact) mass is 909 g/mol. The van der Waals surface area contributed by atoms with Gasteiger partial charge in [-0.15, -0.1) is 0 Å². The summed E-state index contributed by atoms with van der Waals surface area (Å²) in [6, 6.07) is 0. The van der Waals surface area contributed by atoms with Crippen LogP contribution in [0.25, 0.3) is 0 Å². The SMILES string of the molecule is CCC(C)(C)C(=O)OC12CC3CC(C(C)(C)O)(C1)CC(C(C)(C)O)(C3)C2.CCC(C)(C)C(=O)OC1CCC(C(C)(C)OC(=O)CC(=O)O)CC1.CCC(C)(C)C(=O)OC1CCOC1=O. The average Bonchev–Trinajstić information content (AvgIpc) is 3.56. The van der Waals surface area contributed by atoms with Crippen molar-refractivity contribution in [2.75, 3.05) is 6.61 Å². The van der Waals surface area contributed by atoms with Crippen LogP contribution < -0.4 is 0 Å². The van der Waals surface area contributed by atoms with Crippen LogP contribution in [0.3, 0.4) is 0 Å². The number of carbonyl (C=O) groups excluding carboxylic acids is 5. The Bertz CT molecular complexity index is 1660. The largest absolute Gasteiger partial charge is 0.481 e. The number of esters is 5. The van der Waals surface area contributed by atoms with Crippen molar-refractivity contribution in [3.05, 3.63) is 0 Å². The molecule has 14 heteroatoms. The third-order valence-electron chi connectivity index (χ3n) is 16.0. The van der Waals surface area contributed by atoms with Crippen molar-refractivity contribution in [1.29, 1.82) is 0 Å². The van der Waals surface area contributed by atoms with Gasteiger partial charge < -0.3 is 39.0 Å². The van der Waals surface area contributed by atoms with E-state index in [0.29, 0.717) is 38.2 Å². The molecule has 3 unspecified atom stereocenters. The summed E-state index contributed by atoms with van der Waals surface area (Å²) in [6.07, 6.45) is 9.27. The maximum Gasteiger partial charge on any atom is 0.347 e. The molecule has 0 aromatic rings. The first-order valence-electron chi connectivity index (χ1n) is 23.7. The highest BCUT2D eigenvalue weighted by atomic mass is 16.6. The number of aliphatic carboxylic acids is 1. The van der Waals surface area contributed by atoms with Crippen LogP contribution in [0.4, 0.5) is 0 Å². The van der Waals surface area contributed by atoms with Crippen molar-refractivity contribution in [2.45, 2.75) is 235 Å². The second kappa shape index (κ2) is 19.9. The van der Waals surface area contributed by atoms with Gasteiger partial charge in [-0.05, 0) is 178 Å². The number of carboxylic acids is 1. The quantitative estimate of drug-likeness (QED) is 0.0797. The molecule has 3 N–H and O–H groups in total. The lowest BCUT2D eigenvalue weighted by atomic mass is 9.37. The van der Waals surface area contributed by atoms with E-state index in [0.717, 1.165) is 64.2 Å². The molecule has 6 fully saturated rings. The normalized spacial score (nSPS) is 29.2. The molecule has 14 nitrogen and oxygen atoms in total. The predicted molar refractivity (Wildman–Crippen MR) is 239 cm³/mol. The van der Waals surface area contributed by atoms with Gasteiger partial charge in [-0.25, -0.2) is 4.79 Å². The Hall–Kier alpha value is -3.26. The maximum atomic E-state index is 12.9. The lowest BCUT2D eigenvalue weighted by molar-refractivity contribution is -0.288. The Morgan fingerprint density at radius 3 is 1.50 bits per heavy atom. The van der Waals surface area contributed by atoms with Crippen LogP contribution in [0.2, 0.25) is 0 Å². The van der Waals surface area contributed by atoms with Gasteiger partial charge >= 0.3 is 35.8 Å². The summed E-state index contributed by atoms with van der Waals surface area (Å²) in [5.74, 6) is -2.45. The molecule has 1 aliphatic heterocycles. The molecule has 0 spiro atoms. The van der Waals surface area contributed by atoms with Crippen molar-refractivity contribution >= 4 is 35.8 Å². The highest BCUT2D eigenvalue weighted by Gasteiger charge is 2.71. The molecule has 6 rings (SSSR count). The van der Waals surface area contributed by atoms with Crippen molar-refractivity contribution in [3.63, 3.8) is 0 Å². The first kappa shape index (κ1) is 55.1. The standard InChI is InChI=1S/C22H38O4.C18H30O6.C10H16O4/c1-8-17(2,3)16(23)26-22-11-15-9-20(13-22,18(4,5)24)12-21(10-15,14-22)19(6,7)25;1-6-17(2,3)16(22)23-13-9-7-12(8-10-13)18(4,5)24-15(21)11-14(19)20;1-4-10(2,3)9(12)14-7-5-6-13-8(7)11/h15,24-25H,8-14H2,1-7H3;12-13H,6-11H2,1-5H3,(H,19,20);7H,4-6H2,1-3H3. The second-order valence-corrected chi connectivity index (χ2v) is 23.3. The summed E-state index contributed by atoms with van der Waals surface area (Å²) in [4.78, 5) is 69.8. The molecular weight excluding hydrogens is 825 g/mol. The van der Waals surface area contributed by atoms with Crippen molar-refractivity contribution in [3.8, 4) is 0 Å². The Morgan fingerprint density at radius 2 is 1.09 bits per heavy atom. The van der Waals surface area contributed by atoms with E-state index in [4.69, 9.17) is 28.8 Å². The van der Waals surface area contributed by atoms with E-state index < -0.39 is 69.1 Å². The van der Waals surface area contributed by atoms with Crippen LogP contribution in [0.5, 0.6) is 0 Å². The summed E-state index contributed by atoms with van der Waals surface area (Å²) < 4.78 is 27.0. The van der Waals surface area contributed by atoms with Gasteiger partial charge in [0.1, 0.15) is 23.7 Å². The number of hydrogen-bond donors (Lipinski definition) is 3. The van der Waals surface area contributed by atoms with Crippen molar-refractivity contribution in [1.82, 2.24) is 0 Å². The van der Waals surface area contributed by atoms with Gasteiger partial charge in [-0.3, -0.25) is 24.0 Å². The first-order chi connectivity index (χ1) is 29.0. The number of cyclic esters (lactones) is 1. The lowest BCUT2D eigenvalue weighted by Gasteiger charge is -2.70. The van der Waals surface area contributed by atoms with Gasteiger partial charge in [-0.1, -0.05) is 20.8 Å². The molecule has 6 aliphatic rings. The van der Waals surface area contributed by atoms with E-state index in [1.807, 2.05) is 90.0 Å². The van der Waals surface area contributed by atoms with Gasteiger partial charge in [0.25, 0.3) is 0 Å². The Balaban J connectivity index is 0.000000267. The summed E-state index contributed by atoms with van der Waals surface area (Å²) in [5, 5.41) is 30.8. The predicted octanol–water partition coefficient (Wildman–Crippen LogP) is 8.82.